The second-order valence-electron chi connectivity index (χ2n) is 7.74. The minimum atomic E-state index is -3.74. The summed E-state index contributed by atoms with van der Waals surface area (Å²) in [6.07, 6.45) is 4.06. The van der Waals surface area contributed by atoms with Crippen molar-refractivity contribution >= 4 is 15.9 Å². The van der Waals surface area contributed by atoms with E-state index in [0.29, 0.717) is 19.5 Å². The first-order chi connectivity index (χ1) is 14.9. The van der Waals surface area contributed by atoms with Crippen LogP contribution in [0, 0.1) is 6.92 Å². The largest absolute Gasteiger partial charge is 0.352 e. The molecule has 0 spiro atoms. The number of nitrogens with zero attached hydrogens (tertiary/aromatic N) is 2. The number of carbonyl (C=O) groups is 1. The van der Waals surface area contributed by atoms with E-state index in [9.17, 15) is 13.2 Å². The second-order valence-corrected chi connectivity index (χ2v) is 9.63. The van der Waals surface area contributed by atoms with Gasteiger partial charge in [-0.15, -0.1) is 0 Å². The molecule has 160 valence electrons. The summed E-state index contributed by atoms with van der Waals surface area (Å²) in [5.41, 5.74) is 3.86. The van der Waals surface area contributed by atoms with Gasteiger partial charge in [0.05, 0.1) is 10.9 Å². The number of amides is 1. The molecule has 3 aromatic rings. The van der Waals surface area contributed by atoms with Crippen molar-refractivity contribution in [1.82, 2.24) is 14.6 Å². The van der Waals surface area contributed by atoms with Crippen LogP contribution in [0.25, 0.3) is 0 Å². The summed E-state index contributed by atoms with van der Waals surface area (Å²) < 4.78 is 28.4. The first-order valence-electron chi connectivity index (χ1n) is 10.3. The van der Waals surface area contributed by atoms with Crippen LogP contribution in [0.15, 0.2) is 78.0 Å². The number of carbonyl (C=O) groups excluding carboxylic acids is 1. The molecule has 0 bridgehead atoms. The fourth-order valence-corrected chi connectivity index (χ4v) is 5.53. The van der Waals surface area contributed by atoms with Crippen LogP contribution in [-0.2, 0) is 27.8 Å². The van der Waals surface area contributed by atoms with Crippen LogP contribution < -0.4 is 5.32 Å². The predicted molar refractivity (Wildman–Crippen MR) is 119 cm³/mol. The van der Waals surface area contributed by atoms with Gasteiger partial charge in [-0.05, 0) is 48.2 Å². The topological polar surface area (TPSA) is 79.4 Å². The molecule has 2 heterocycles. The maximum atomic E-state index is 13.5. The van der Waals surface area contributed by atoms with Gasteiger partial charge < -0.3 is 5.32 Å². The maximum absolute atomic E-state index is 13.5. The molecule has 1 aliphatic heterocycles. The molecule has 0 saturated carbocycles. The highest BCUT2D eigenvalue weighted by molar-refractivity contribution is 7.89. The standard InChI is InChI=1S/C24H25N3O3S/c1-18-8-10-21(11-9-18)31(29,30)27-14-12-20-6-2-3-7-22(20)23(27)15-24(28)26-17-19-5-4-13-25-16-19/h2-11,13,16,23H,12,14-15,17H2,1H3,(H,26,28)/t23-/m1/s1. The van der Waals surface area contributed by atoms with Gasteiger partial charge in [0.1, 0.15) is 0 Å². The Kier molecular flexibility index (Phi) is 6.15. The third-order valence-electron chi connectivity index (χ3n) is 5.58. The first kappa shape index (κ1) is 21.2. The fourth-order valence-electron chi connectivity index (χ4n) is 3.92. The lowest BCUT2D eigenvalue weighted by Gasteiger charge is -2.36. The van der Waals surface area contributed by atoms with E-state index in [1.165, 1.54) is 4.31 Å². The van der Waals surface area contributed by atoms with E-state index >= 15 is 0 Å². The molecule has 0 unspecified atom stereocenters. The summed E-state index contributed by atoms with van der Waals surface area (Å²) in [6, 6.07) is 17.8. The van der Waals surface area contributed by atoms with Gasteiger partial charge in [0, 0.05) is 31.9 Å². The van der Waals surface area contributed by atoms with Crippen LogP contribution in [-0.4, -0.2) is 30.2 Å². The average Bonchev–Trinajstić information content (AvgIpc) is 2.79. The van der Waals surface area contributed by atoms with Crippen LogP contribution in [0.4, 0.5) is 0 Å². The van der Waals surface area contributed by atoms with E-state index in [-0.39, 0.29) is 17.2 Å². The third kappa shape index (κ3) is 4.68. The van der Waals surface area contributed by atoms with Crippen LogP contribution >= 0.6 is 0 Å². The molecular weight excluding hydrogens is 410 g/mol. The lowest BCUT2D eigenvalue weighted by molar-refractivity contribution is -0.122. The Bertz CT molecular complexity index is 1160. The van der Waals surface area contributed by atoms with Gasteiger partial charge in [0.15, 0.2) is 0 Å². The normalized spacial score (nSPS) is 16.5. The minimum Gasteiger partial charge on any atom is -0.352 e. The van der Waals surface area contributed by atoms with Crippen molar-refractivity contribution in [2.45, 2.75) is 37.2 Å². The molecule has 4 rings (SSSR count). The SMILES string of the molecule is Cc1ccc(S(=O)(=O)N2CCc3ccccc3[C@H]2CC(=O)NCc2cccnc2)cc1. The minimum absolute atomic E-state index is 0.0579. The lowest BCUT2D eigenvalue weighted by Crippen LogP contribution is -2.42. The number of sulfonamides is 1. The zero-order valence-corrected chi connectivity index (χ0v) is 18.2. The highest BCUT2D eigenvalue weighted by Gasteiger charge is 2.37. The quantitative estimate of drug-likeness (QED) is 0.644. The molecule has 2 aromatic carbocycles. The van der Waals surface area contributed by atoms with E-state index in [1.807, 2.05) is 43.3 Å². The zero-order chi connectivity index (χ0) is 21.8. The fraction of sp³-hybridized carbons (Fsp3) is 0.250. The molecule has 1 amide bonds. The first-order valence-corrected chi connectivity index (χ1v) is 11.7. The van der Waals surface area contributed by atoms with Crippen molar-refractivity contribution in [1.29, 1.82) is 0 Å². The van der Waals surface area contributed by atoms with Crippen LogP contribution in [0.5, 0.6) is 0 Å². The van der Waals surface area contributed by atoms with Gasteiger partial charge in [-0.3, -0.25) is 9.78 Å². The summed E-state index contributed by atoms with van der Waals surface area (Å²) in [5, 5.41) is 2.90. The molecule has 31 heavy (non-hydrogen) atoms. The number of rotatable bonds is 6. The summed E-state index contributed by atoms with van der Waals surface area (Å²) in [4.78, 5) is 17.1. The van der Waals surface area contributed by atoms with Gasteiger partial charge in [-0.2, -0.15) is 4.31 Å². The zero-order valence-electron chi connectivity index (χ0n) is 17.4. The summed E-state index contributed by atoms with van der Waals surface area (Å²) >= 11 is 0. The highest BCUT2D eigenvalue weighted by Crippen LogP contribution is 2.36. The average molecular weight is 436 g/mol. The molecule has 1 N–H and O–H groups in total. The number of hydrogen-bond acceptors (Lipinski definition) is 4. The molecule has 0 radical (unpaired) electrons. The Morgan fingerprint density at radius 3 is 2.61 bits per heavy atom. The van der Waals surface area contributed by atoms with Crippen LogP contribution in [0.2, 0.25) is 0 Å². The predicted octanol–water partition coefficient (Wildman–Crippen LogP) is 3.38. The van der Waals surface area contributed by atoms with E-state index < -0.39 is 16.1 Å². The van der Waals surface area contributed by atoms with E-state index in [1.54, 1.807) is 36.7 Å². The number of hydrogen-bond donors (Lipinski definition) is 1. The maximum Gasteiger partial charge on any atom is 0.243 e. The molecule has 6 nitrogen and oxygen atoms in total. The number of pyridine rings is 1. The Balaban J connectivity index is 1.60. The van der Waals surface area contributed by atoms with Crippen molar-refractivity contribution in [2.75, 3.05) is 6.54 Å². The Morgan fingerprint density at radius 1 is 1.10 bits per heavy atom. The van der Waals surface area contributed by atoms with Crippen molar-refractivity contribution in [2.24, 2.45) is 0 Å². The van der Waals surface area contributed by atoms with Crippen molar-refractivity contribution in [3.8, 4) is 0 Å². The van der Waals surface area contributed by atoms with Gasteiger partial charge in [0.2, 0.25) is 15.9 Å². The summed E-state index contributed by atoms with van der Waals surface area (Å²) in [7, 11) is -3.74. The van der Waals surface area contributed by atoms with Crippen LogP contribution in [0.3, 0.4) is 0 Å². The molecule has 1 atom stereocenters. The van der Waals surface area contributed by atoms with Gasteiger partial charge in [0.25, 0.3) is 0 Å². The third-order valence-corrected chi connectivity index (χ3v) is 7.50. The number of benzene rings is 2. The summed E-state index contributed by atoms with van der Waals surface area (Å²) in [6.45, 7) is 2.61. The molecule has 0 aliphatic carbocycles. The van der Waals surface area contributed by atoms with Crippen molar-refractivity contribution in [3.63, 3.8) is 0 Å². The number of nitrogens with one attached hydrogen (secondary N) is 1. The van der Waals surface area contributed by atoms with E-state index in [0.717, 1.165) is 22.3 Å². The van der Waals surface area contributed by atoms with Crippen LogP contribution in [0.1, 0.15) is 34.7 Å². The molecule has 0 fully saturated rings. The molecule has 7 heteroatoms. The smallest absolute Gasteiger partial charge is 0.243 e. The lowest BCUT2D eigenvalue weighted by atomic mass is 9.92. The van der Waals surface area contributed by atoms with Gasteiger partial charge in [-0.25, -0.2) is 8.42 Å². The Morgan fingerprint density at radius 2 is 1.87 bits per heavy atom. The molecule has 0 saturated heterocycles. The van der Waals surface area contributed by atoms with E-state index in [4.69, 9.17) is 0 Å². The monoisotopic (exact) mass is 435 g/mol. The van der Waals surface area contributed by atoms with E-state index in [2.05, 4.69) is 10.3 Å². The highest BCUT2D eigenvalue weighted by atomic mass is 32.2. The van der Waals surface area contributed by atoms with Crippen molar-refractivity contribution < 1.29 is 13.2 Å². The molecule has 1 aromatic heterocycles. The van der Waals surface area contributed by atoms with Gasteiger partial charge in [-0.1, -0.05) is 48.0 Å². The summed E-state index contributed by atoms with van der Waals surface area (Å²) in [5.74, 6) is -0.199. The second kappa shape index (κ2) is 8.99. The molecule has 1 aliphatic rings. The number of aryl methyl sites for hydroxylation is 1. The number of fused-ring (bicyclic) bond motifs is 1. The molecular formula is C24H25N3O3S. The van der Waals surface area contributed by atoms with Gasteiger partial charge >= 0.3 is 0 Å². The Labute approximate surface area is 183 Å². The van der Waals surface area contributed by atoms with Crippen molar-refractivity contribution in [3.05, 3.63) is 95.3 Å². The Hall–Kier alpha value is -3.03. The number of aromatic nitrogens is 1.